The van der Waals surface area contributed by atoms with Crippen LogP contribution < -0.4 is 10.6 Å². The summed E-state index contributed by atoms with van der Waals surface area (Å²) in [4.78, 5) is 11.2. The predicted octanol–water partition coefficient (Wildman–Crippen LogP) is 2.31. The molecular weight excluding hydrogens is 224 g/mol. The Morgan fingerprint density at radius 2 is 1.72 bits per heavy atom. The summed E-state index contributed by atoms with van der Waals surface area (Å²) in [7, 11) is 2.09. The number of hydrogen-bond donors (Lipinski definition) is 1. The second kappa shape index (κ2) is 5.65. The van der Waals surface area contributed by atoms with E-state index in [1.165, 1.54) is 5.56 Å². The van der Waals surface area contributed by atoms with E-state index in [1.807, 2.05) is 12.4 Å². The van der Waals surface area contributed by atoms with E-state index in [0.29, 0.717) is 18.0 Å². The molecule has 0 unspecified atom stereocenters. The molecule has 1 saturated carbocycles. The lowest BCUT2D eigenvalue weighted by atomic mass is 9.91. The zero-order valence-corrected chi connectivity index (χ0v) is 11.6. The molecule has 0 spiro atoms. The molecule has 1 heterocycles. The molecule has 1 aromatic heterocycles. The van der Waals surface area contributed by atoms with Crippen LogP contribution in [0.5, 0.6) is 0 Å². The smallest absolute Gasteiger partial charge is 0.225 e. The number of rotatable bonds is 3. The van der Waals surface area contributed by atoms with E-state index in [0.717, 1.165) is 31.6 Å². The third kappa shape index (κ3) is 2.99. The molecular formula is C14H24N4. The Morgan fingerprint density at radius 3 is 2.22 bits per heavy atom. The minimum Gasteiger partial charge on any atom is -0.341 e. The van der Waals surface area contributed by atoms with Crippen LogP contribution in [0.25, 0.3) is 0 Å². The third-order valence-corrected chi connectivity index (χ3v) is 3.93. The van der Waals surface area contributed by atoms with Crippen molar-refractivity contribution in [2.75, 3.05) is 11.9 Å². The molecule has 1 aliphatic carbocycles. The Bertz CT molecular complexity index is 366. The molecule has 0 radical (unpaired) electrons. The van der Waals surface area contributed by atoms with Gasteiger partial charge in [0.25, 0.3) is 0 Å². The molecule has 4 nitrogen and oxygen atoms in total. The Balaban J connectivity index is 2.02. The van der Waals surface area contributed by atoms with Gasteiger partial charge < -0.3 is 10.6 Å². The van der Waals surface area contributed by atoms with Gasteiger partial charge >= 0.3 is 0 Å². The number of nitrogens with zero attached hydrogens (tertiary/aromatic N) is 3. The maximum absolute atomic E-state index is 5.94. The van der Waals surface area contributed by atoms with E-state index < -0.39 is 0 Å². The van der Waals surface area contributed by atoms with Gasteiger partial charge in [-0.15, -0.1) is 0 Å². The van der Waals surface area contributed by atoms with Crippen molar-refractivity contribution >= 4 is 5.95 Å². The van der Waals surface area contributed by atoms with E-state index in [2.05, 4.69) is 35.8 Å². The standard InChI is InChI=1S/C14H24N4/c1-10(2)11-8-16-14(17-9-11)18(3)13-6-4-12(15)5-7-13/h8-10,12-13H,4-7,15H2,1-3H3. The summed E-state index contributed by atoms with van der Waals surface area (Å²) >= 11 is 0. The normalized spacial score (nSPS) is 24.3. The second-order valence-corrected chi connectivity index (χ2v) is 5.65. The molecule has 1 aromatic rings. The number of anilines is 1. The van der Waals surface area contributed by atoms with Crippen LogP contribution in [0.2, 0.25) is 0 Å². The molecule has 2 rings (SSSR count). The maximum Gasteiger partial charge on any atom is 0.225 e. The quantitative estimate of drug-likeness (QED) is 0.892. The van der Waals surface area contributed by atoms with Crippen molar-refractivity contribution in [1.82, 2.24) is 9.97 Å². The average Bonchev–Trinajstić information content (AvgIpc) is 2.39. The third-order valence-electron chi connectivity index (χ3n) is 3.93. The van der Waals surface area contributed by atoms with E-state index in [9.17, 15) is 0 Å². The molecule has 1 fully saturated rings. The molecule has 100 valence electrons. The van der Waals surface area contributed by atoms with Crippen molar-refractivity contribution in [1.29, 1.82) is 0 Å². The summed E-state index contributed by atoms with van der Waals surface area (Å²) in [6.07, 6.45) is 8.40. The van der Waals surface area contributed by atoms with E-state index in [-0.39, 0.29) is 0 Å². The van der Waals surface area contributed by atoms with Crippen molar-refractivity contribution in [3.05, 3.63) is 18.0 Å². The molecule has 0 atom stereocenters. The first-order valence-electron chi connectivity index (χ1n) is 6.88. The van der Waals surface area contributed by atoms with Gasteiger partial charge in [-0.3, -0.25) is 0 Å². The molecule has 18 heavy (non-hydrogen) atoms. The van der Waals surface area contributed by atoms with E-state index in [1.54, 1.807) is 0 Å². The Morgan fingerprint density at radius 1 is 1.17 bits per heavy atom. The summed E-state index contributed by atoms with van der Waals surface area (Å²) < 4.78 is 0. The van der Waals surface area contributed by atoms with Crippen LogP contribution in [0.1, 0.15) is 51.0 Å². The van der Waals surface area contributed by atoms with Crippen molar-refractivity contribution in [2.24, 2.45) is 5.73 Å². The SMILES string of the molecule is CC(C)c1cnc(N(C)C2CCC(N)CC2)nc1. The highest BCUT2D eigenvalue weighted by Crippen LogP contribution is 2.24. The van der Waals surface area contributed by atoms with Crippen LogP contribution in [0.4, 0.5) is 5.95 Å². The monoisotopic (exact) mass is 248 g/mol. The second-order valence-electron chi connectivity index (χ2n) is 5.65. The van der Waals surface area contributed by atoms with E-state index >= 15 is 0 Å². The molecule has 0 saturated heterocycles. The van der Waals surface area contributed by atoms with Gasteiger partial charge in [0.05, 0.1) is 0 Å². The van der Waals surface area contributed by atoms with Crippen LogP contribution in [0.3, 0.4) is 0 Å². The fraction of sp³-hybridized carbons (Fsp3) is 0.714. The fourth-order valence-electron chi connectivity index (χ4n) is 2.46. The first kappa shape index (κ1) is 13.3. The van der Waals surface area contributed by atoms with Crippen LogP contribution in [0.15, 0.2) is 12.4 Å². The lowest BCUT2D eigenvalue weighted by molar-refractivity contribution is 0.382. The predicted molar refractivity (Wildman–Crippen MR) is 74.8 cm³/mol. The summed E-state index contributed by atoms with van der Waals surface area (Å²) in [5.41, 5.74) is 7.13. The minimum atomic E-state index is 0.388. The van der Waals surface area contributed by atoms with Gasteiger partial charge in [-0.2, -0.15) is 0 Å². The van der Waals surface area contributed by atoms with Crippen LogP contribution in [-0.2, 0) is 0 Å². The number of hydrogen-bond acceptors (Lipinski definition) is 4. The van der Waals surface area contributed by atoms with Crippen molar-refractivity contribution in [2.45, 2.75) is 57.5 Å². The molecule has 0 aromatic carbocycles. The van der Waals surface area contributed by atoms with Gasteiger partial charge in [-0.25, -0.2) is 9.97 Å². The van der Waals surface area contributed by atoms with Crippen molar-refractivity contribution in [3.8, 4) is 0 Å². The van der Waals surface area contributed by atoms with Crippen LogP contribution in [-0.4, -0.2) is 29.1 Å². The topological polar surface area (TPSA) is 55.0 Å². The lowest BCUT2D eigenvalue weighted by Crippen LogP contribution is -2.39. The van der Waals surface area contributed by atoms with Gasteiger partial charge in [0, 0.05) is 31.5 Å². The van der Waals surface area contributed by atoms with Gasteiger partial charge in [-0.05, 0) is 37.2 Å². The zero-order chi connectivity index (χ0) is 13.1. The number of nitrogens with two attached hydrogens (primary N) is 1. The Hall–Kier alpha value is -1.16. The summed E-state index contributed by atoms with van der Waals surface area (Å²) in [5.74, 6) is 1.32. The van der Waals surface area contributed by atoms with Crippen LogP contribution in [0, 0.1) is 0 Å². The van der Waals surface area contributed by atoms with E-state index in [4.69, 9.17) is 5.73 Å². The summed E-state index contributed by atoms with van der Waals surface area (Å²) in [6, 6.07) is 0.925. The summed E-state index contributed by atoms with van der Waals surface area (Å²) in [5, 5.41) is 0. The number of aromatic nitrogens is 2. The molecule has 4 heteroatoms. The van der Waals surface area contributed by atoms with Crippen molar-refractivity contribution in [3.63, 3.8) is 0 Å². The average molecular weight is 248 g/mol. The largest absolute Gasteiger partial charge is 0.341 e. The van der Waals surface area contributed by atoms with Crippen molar-refractivity contribution < 1.29 is 0 Å². The maximum atomic E-state index is 5.94. The minimum absolute atomic E-state index is 0.388. The fourth-order valence-corrected chi connectivity index (χ4v) is 2.46. The first-order chi connectivity index (χ1) is 8.58. The van der Waals surface area contributed by atoms with Gasteiger partial charge in [-0.1, -0.05) is 13.8 Å². The lowest BCUT2D eigenvalue weighted by Gasteiger charge is -2.33. The Labute approximate surface area is 110 Å². The van der Waals surface area contributed by atoms with Gasteiger partial charge in [0.15, 0.2) is 0 Å². The molecule has 0 bridgehead atoms. The summed E-state index contributed by atoms with van der Waals surface area (Å²) in [6.45, 7) is 4.31. The van der Waals surface area contributed by atoms with Gasteiger partial charge in [0.2, 0.25) is 5.95 Å². The highest BCUT2D eigenvalue weighted by molar-refractivity contribution is 5.31. The first-order valence-corrected chi connectivity index (χ1v) is 6.88. The highest BCUT2D eigenvalue weighted by Gasteiger charge is 2.23. The van der Waals surface area contributed by atoms with Gasteiger partial charge in [0.1, 0.15) is 0 Å². The molecule has 0 amide bonds. The highest BCUT2D eigenvalue weighted by atomic mass is 15.2. The zero-order valence-electron chi connectivity index (χ0n) is 11.6. The molecule has 2 N–H and O–H groups in total. The Kier molecular flexibility index (Phi) is 4.17. The van der Waals surface area contributed by atoms with Crippen LogP contribution >= 0.6 is 0 Å². The molecule has 0 aliphatic heterocycles. The molecule has 1 aliphatic rings.